The maximum absolute atomic E-state index is 5.79. The summed E-state index contributed by atoms with van der Waals surface area (Å²) in [6.45, 7) is 3.35. The fourth-order valence-electron chi connectivity index (χ4n) is 2.18. The minimum absolute atomic E-state index is 0.390. The second-order valence-electron chi connectivity index (χ2n) is 4.98. The van der Waals surface area contributed by atoms with Crippen LogP contribution in [-0.4, -0.2) is 50.8 Å². The van der Waals surface area contributed by atoms with E-state index >= 15 is 0 Å². The highest BCUT2D eigenvalue weighted by atomic mass is 16.6. The molecule has 0 aromatic rings. The minimum Gasteiger partial charge on any atom is -0.375 e. The van der Waals surface area contributed by atoms with E-state index in [4.69, 9.17) is 18.9 Å². The molecular weight excluding hydrogens is 208 g/mol. The van der Waals surface area contributed by atoms with E-state index in [1.54, 1.807) is 0 Å². The Morgan fingerprint density at radius 1 is 0.750 bits per heavy atom. The predicted octanol–water partition coefficient (Wildman–Crippen LogP) is 1.13. The fourth-order valence-corrected chi connectivity index (χ4v) is 2.18. The van der Waals surface area contributed by atoms with E-state index in [0.717, 1.165) is 52.1 Å². The quantitative estimate of drug-likeness (QED) is 0.639. The Labute approximate surface area is 96.2 Å². The third-order valence-electron chi connectivity index (χ3n) is 3.46. The van der Waals surface area contributed by atoms with E-state index < -0.39 is 0 Å². The smallest absolute Gasteiger partial charge is 0.104 e. The second kappa shape index (κ2) is 5.00. The van der Waals surface area contributed by atoms with Gasteiger partial charge in [0.1, 0.15) is 12.2 Å². The zero-order chi connectivity index (χ0) is 10.8. The first-order chi connectivity index (χ1) is 7.90. The number of epoxide rings is 2. The van der Waals surface area contributed by atoms with Crippen molar-refractivity contribution >= 4 is 0 Å². The Bertz CT molecular complexity index is 193. The van der Waals surface area contributed by atoms with Gasteiger partial charge in [0.15, 0.2) is 0 Å². The highest BCUT2D eigenvalue weighted by Gasteiger charge is 2.29. The topological polar surface area (TPSA) is 43.5 Å². The van der Waals surface area contributed by atoms with Gasteiger partial charge in [-0.25, -0.2) is 0 Å². The van der Waals surface area contributed by atoms with Crippen molar-refractivity contribution in [1.29, 1.82) is 0 Å². The van der Waals surface area contributed by atoms with Crippen LogP contribution in [0.3, 0.4) is 0 Å². The van der Waals surface area contributed by atoms with Crippen LogP contribution in [0.4, 0.5) is 0 Å². The average molecular weight is 228 g/mol. The summed E-state index contributed by atoms with van der Waals surface area (Å²) >= 11 is 0. The van der Waals surface area contributed by atoms with E-state index in [0.29, 0.717) is 24.4 Å². The zero-order valence-electron chi connectivity index (χ0n) is 9.60. The Morgan fingerprint density at radius 2 is 1.12 bits per heavy atom. The summed E-state index contributed by atoms with van der Waals surface area (Å²) in [4.78, 5) is 0. The van der Waals surface area contributed by atoms with Gasteiger partial charge in [0, 0.05) is 0 Å². The van der Waals surface area contributed by atoms with Crippen LogP contribution in [-0.2, 0) is 18.9 Å². The summed E-state index contributed by atoms with van der Waals surface area (Å²) in [7, 11) is 0. The van der Waals surface area contributed by atoms with Crippen LogP contribution in [0.15, 0.2) is 0 Å². The summed E-state index contributed by atoms with van der Waals surface area (Å²) < 4.78 is 21.8. The van der Waals surface area contributed by atoms with E-state index in [-0.39, 0.29) is 0 Å². The van der Waals surface area contributed by atoms with Gasteiger partial charge in [0.2, 0.25) is 0 Å². The maximum atomic E-state index is 5.79. The Balaban J connectivity index is 1.28. The third kappa shape index (κ3) is 3.42. The lowest BCUT2D eigenvalue weighted by Gasteiger charge is -2.28. The van der Waals surface area contributed by atoms with Gasteiger partial charge >= 0.3 is 0 Å². The highest BCUT2D eigenvalue weighted by molar-refractivity contribution is 4.76. The van der Waals surface area contributed by atoms with E-state index in [9.17, 15) is 0 Å². The lowest BCUT2D eigenvalue weighted by atomic mass is 9.95. The first kappa shape index (κ1) is 11.0. The second-order valence-corrected chi connectivity index (χ2v) is 4.98. The summed E-state index contributed by atoms with van der Waals surface area (Å²) in [5, 5.41) is 0. The van der Waals surface area contributed by atoms with Crippen molar-refractivity contribution in [2.24, 2.45) is 0 Å². The van der Waals surface area contributed by atoms with Crippen LogP contribution in [0, 0.1) is 0 Å². The lowest BCUT2D eigenvalue weighted by Crippen LogP contribution is -2.28. The summed E-state index contributed by atoms with van der Waals surface area (Å²) in [5.41, 5.74) is 0. The molecule has 0 spiro atoms. The van der Waals surface area contributed by atoms with Gasteiger partial charge in [-0.3, -0.25) is 0 Å². The molecule has 1 aliphatic carbocycles. The standard InChI is InChI=1S/C12H20O4/c1-2-10(14-6-12-8-16-12)4-3-9(1)13-5-11-7-15-11/h9-12H,1-8H2. The molecule has 3 fully saturated rings. The van der Waals surface area contributed by atoms with E-state index in [2.05, 4.69) is 0 Å². The van der Waals surface area contributed by atoms with Gasteiger partial charge in [0.05, 0.1) is 38.6 Å². The SMILES string of the molecule is C1CC(OCC2CO2)CCC1OCC1CO1. The van der Waals surface area contributed by atoms with Gasteiger partial charge in [0.25, 0.3) is 0 Å². The van der Waals surface area contributed by atoms with Gasteiger partial charge in [-0.1, -0.05) is 0 Å². The molecule has 1 saturated carbocycles. The van der Waals surface area contributed by atoms with Crippen molar-refractivity contribution in [3.63, 3.8) is 0 Å². The molecule has 16 heavy (non-hydrogen) atoms. The molecule has 0 bridgehead atoms. The highest BCUT2D eigenvalue weighted by Crippen LogP contribution is 2.25. The maximum Gasteiger partial charge on any atom is 0.104 e. The monoisotopic (exact) mass is 228 g/mol. The number of ether oxygens (including phenoxy) is 4. The van der Waals surface area contributed by atoms with E-state index in [1.165, 1.54) is 0 Å². The van der Waals surface area contributed by atoms with Crippen molar-refractivity contribution in [3.8, 4) is 0 Å². The van der Waals surface area contributed by atoms with Crippen molar-refractivity contribution < 1.29 is 18.9 Å². The van der Waals surface area contributed by atoms with Crippen LogP contribution in [0.25, 0.3) is 0 Å². The molecule has 4 nitrogen and oxygen atoms in total. The normalized spacial score (nSPS) is 42.0. The summed E-state index contributed by atoms with van der Waals surface area (Å²) in [5.74, 6) is 0. The number of rotatable bonds is 6. The molecule has 92 valence electrons. The van der Waals surface area contributed by atoms with Crippen molar-refractivity contribution in [3.05, 3.63) is 0 Å². The third-order valence-corrected chi connectivity index (χ3v) is 3.46. The van der Waals surface area contributed by atoms with Gasteiger partial charge in [-0.2, -0.15) is 0 Å². The molecule has 3 rings (SSSR count). The van der Waals surface area contributed by atoms with Crippen molar-refractivity contribution in [1.82, 2.24) is 0 Å². The molecular formula is C12H20O4. The molecule has 0 N–H and O–H groups in total. The molecule has 0 aromatic heterocycles. The van der Waals surface area contributed by atoms with Crippen LogP contribution in [0.2, 0.25) is 0 Å². The molecule has 2 saturated heterocycles. The van der Waals surface area contributed by atoms with Crippen LogP contribution < -0.4 is 0 Å². The minimum atomic E-state index is 0.390. The van der Waals surface area contributed by atoms with Gasteiger partial charge < -0.3 is 18.9 Å². The molecule has 3 aliphatic rings. The van der Waals surface area contributed by atoms with Crippen molar-refractivity contribution in [2.45, 2.75) is 50.1 Å². The molecule has 0 radical (unpaired) electrons. The molecule has 2 heterocycles. The molecule has 4 heteroatoms. The molecule has 0 aromatic carbocycles. The fraction of sp³-hybridized carbons (Fsp3) is 1.00. The van der Waals surface area contributed by atoms with Crippen LogP contribution in [0.5, 0.6) is 0 Å². The Kier molecular flexibility index (Phi) is 3.43. The predicted molar refractivity (Wildman–Crippen MR) is 57.4 cm³/mol. The van der Waals surface area contributed by atoms with Crippen LogP contribution in [0.1, 0.15) is 25.7 Å². The van der Waals surface area contributed by atoms with Gasteiger partial charge in [-0.15, -0.1) is 0 Å². The van der Waals surface area contributed by atoms with Crippen LogP contribution >= 0.6 is 0 Å². The number of hydrogen-bond donors (Lipinski definition) is 0. The molecule has 2 aliphatic heterocycles. The van der Waals surface area contributed by atoms with E-state index in [1.807, 2.05) is 0 Å². The molecule has 2 atom stereocenters. The first-order valence-corrected chi connectivity index (χ1v) is 6.36. The molecule has 0 amide bonds. The lowest BCUT2D eigenvalue weighted by molar-refractivity contribution is -0.0370. The largest absolute Gasteiger partial charge is 0.375 e. The first-order valence-electron chi connectivity index (χ1n) is 6.36. The molecule has 2 unspecified atom stereocenters. The Morgan fingerprint density at radius 3 is 1.44 bits per heavy atom. The number of hydrogen-bond acceptors (Lipinski definition) is 4. The Hall–Kier alpha value is -0.160. The van der Waals surface area contributed by atoms with Crippen molar-refractivity contribution in [2.75, 3.05) is 26.4 Å². The zero-order valence-corrected chi connectivity index (χ0v) is 9.60. The average Bonchev–Trinajstić information content (AvgIpc) is 3.17. The summed E-state index contributed by atoms with van der Waals surface area (Å²) in [6, 6.07) is 0. The van der Waals surface area contributed by atoms with Gasteiger partial charge in [-0.05, 0) is 25.7 Å². The summed E-state index contributed by atoms with van der Waals surface area (Å²) in [6.07, 6.45) is 6.15.